The van der Waals surface area contributed by atoms with Crippen molar-refractivity contribution in [1.82, 2.24) is 15.1 Å². The van der Waals surface area contributed by atoms with Crippen molar-refractivity contribution in [2.24, 2.45) is 11.8 Å². The second-order valence-electron chi connectivity index (χ2n) is 5.40. The van der Waals surface area contributed by atoms with Crippen molar-refractivity contribution in [2.75, 3.05) is 13.1 Å². The fraction of sp³-hybridized carbons (Fsp3) is 0.786. The van der Waals surface area contributed by atoms with Crippen molar-refractivity contribution in [2.45, 2.75) is 47.1 Å². The van der Waals surface area contributed by atoms with Crippen molar-refractivity contribution in [3.05, 3.63) is 18.0 Å². The molecule has 0 bridgehead atoms. The first-order chi connectivity index (χ1) is 8.11. The molecule has 1 heterocycles. The van der Waals surface area contributed by atoms with Crippen molar-refractivity contribution >= 4 is 0 Å². The van der Waals surface area contributed by atoms with Gasteiger partial charge < -0.3 is 5.32 Å². The summed E-state index contributed by atoms with van der Waals surface area (Å²) in [5, 5.41) is 7.81. The molecule has 0 saturated heterocycles. The molecule has 0 aliphatic heterocycles. The Balaban J connectivity index is 2.18. The molecular weight excluding hydrogens is 210 g/mol. The van der Waals surface area contributed by atoms with Crippen molar-refractivity contribution in [3.63, 3.8) is 0 Å². The molecule has 0 spiro atoms. The molecule has 1 N–H and O–H groups in total. The maximum atomic E-state index is 4.31. The Morgan fingerprint density at radius 3 is 2.71 bits per heavy atom. The van der Waals surface area contributed by atoms with Gasteiger partial charge in [0.2, 0.25) is 0 Å². The molecule has 0 aromatic carbocycles. The van der Waals surface area contributed by atoms with E-state index >= 15 is 0 Å². The minimum atomic E-state index is 0.726. The smallest absolute Gasteiger partial charge is 0.0521 e. The van der Waals surface area contributed by atoms with E-state index in [9.17, 15) is 0 Å². The van der Waals surface area contributed by atoms with Gasteiger partial charge in [0.1, 0.15) is 0 Å². The third kappa shape index (κ3) is 5.87. The van der Waals surface area contributed by atoms with Crippen LogP contribution in [0.5, 0.6) is 0 Å². The van der Waals surface area contributed by atoms with Gasteiger partial charge in [-0.3, -0.25) is 4.68 Å². The minimum Gasteiger partial charge on any atom is -0.316 e. The van der Waals surface area contributed by atoms with E-state index in [1.807, 2.05) is 10.9 Å². The Morgan fingerprint density at radius 1 is 1.35 bits per heavy atom. The molecular formula is C14H27N3. The van der Waals surface area contributed by atoms with Gasteiger partial charge in [0.05, 0.1) is 6.20 Å². The summed E-state index contributed by atoms with van der Waals surface area (Å²) in [4.78, 5) is 0. The number of hydrogen-bond donors (Lipinski definition) is 1. The third-order valence-corrected chi connectivity index (χ3v) is 2.96. The Hall–Kier alpha value is -0.830. The molecule has 17 heavy (non-hydrogen) atoms. The van der Waals surface area contributed by atoms with Gasteiger partial charge in [-0.2, -0.15) is 5.10 Å². The van der Waals surface area contributed by atoms with Crippen LogP contribution in [0.15, 0.2) is 12.4 Å². The number of aromatic nitrogens is 2. The van der Waals surface area contributed by atoms with Gasteiger partial charge in [0.25, 0.3) is 0 Å². The van der Waals surface area contributed by atoms with Gasteiger partial charge in [-0.05, 0) is 50.3 Å². The lowest BCUT2D eigenvalue weighted by atomic mass is 10.0. The fourth-order valence-corrected chi connectivity index (χ4v) is 1.93. The topological polar surface area (TPSA) is 29.9 Å². The molecule has 1 aromatic rings. The molecule has 0 saturated carbocycles. The highest BCUT2D eigenvalue weighted by Gasteiger charge is 2.05. The molecule has 1 atom stereocenters. The first-order valence-electron chi connectivity index (χ1n) is 6.83. The van der Waals surface area contributed by atoms with E-state index in [1.54, 1.807) is 0 Å². The number of nitrogens with zero attached hydrogens (tertiary/aromatic N) is 2. The molecule has 1 unspecified atom stereocenters. The predicted octanol–water partition coefficient (Wildman–Crippen LogP) is 2.72. The van der Waals surface area contributed by atoms with Gasteiger partial charge in [-0.1, -0.05) is 20.8 Å². The molecule has 0 amide bonds. The Bertz CT molecular complexity index is 304. The van der Waals surface area contributed by atoms with Gasteiger partial charge in [0, 0.05) is 12.7 Å². The van der Waals surface area contributed by atoms with Crippen LogP contribution in [0.2, 0.25) is 0 Å². The van der Waals surface area contributed by atoms with Crippen LogP contribution >= 0.6 is 0 Å². The monoisotopic (exact) mass is 237 g/mol. The van der Waals surface area contributed by atoms with Crippen LogP contribution in [-0.4, -0.2) is 22.9 Å². The molecule has 0 aliphatic carbocycles. The van der Waals surface area contributed by atoms with E-state index in [0.29, 0.717) is 0 Å². The quantitative estimate of drug-likeness (QED) is 0.705. The number of aryl methyl sites for hydroxylation is 1. The van der Waals surface area contributed by atoms with Gasteiger partial charge >= 0.3 is 0 Å². The van der Waals surface area contributed by atoms with Crippen LogP contribution in [0.3, 0.4) is 0 Å². The summed E-state index contributed by atoms with van der Waals surface area (Å²) in [5.74, 6) is 1.47. The van der Waals surface area contributed by atoms with Crippen molar-refractivity contribution in [3.8, 4) is 0 Å². The first kappa shape index (κ1) is 14.2. The summed E-state index contributed by atoms with van der Waals surface area (Å²) in [7, 11) is 0. The van der Waals surface area contributed by atoms with E-state index in [-0.39, 0.29) is 0 Å². The molecule has 0 aliphatic rings. The number of hydrogen-bond acceptors (Lipinski definition) is 2. The highest BCUT2D eigenvalue weighted by molar-refractivity contribution is 5.04. The number of rotatable bonds is 8. The Labute approximate surface area is 106 Å². The van der Waals surface area contributed by atoms with Crippen LogP contribution in [0.1, 0.15) is 39.7 Å². The van der Waals surface area contributed by atoms with Crippen LogP contribution in [0.4, 0.5) is 0 Å². The fourth-order valence-electron chi connectivity index (χ4n) is 1.93. The maximum Gasteiger partial charge on any atom is 0.0521 e. The van der Waals surface area contributed by atoms with Crippen LogP contribution in [0.25, 0.3) is 0 Å². The zero-order valence-electron chi connectivity index (χ0n) is 11.7. The highest BCUT2D eigenvalue weighted by Crippen LogP contribution is 2.10. The normalized spacial score (nSPS) is 13.2. The standard InChI is InChI=1S/C14H27N3/c1-5-17-11-14(10-16-17)8-13(4)6-7-15-9-12(2)3/h10-13,15H,5-9H2,1-4H3. The molecule has 0 radical (unpaired) electrons. The summed E-state index contributed by atoms with van der Waals surface area (Å²) < 4.78 is 2.00. The first-order valence-corrected chi connectivity index (χ1v) is 6.83. The van der Waals surface area contributed by atoms with E-state index in [2.05, 4.69) is 44.3 Å². The van der Waals surface area contributed by atoms with Gasteiger partial charge in [0.15, 0.2) is 0 Å². The second kappa shape index (κ2) is 7.49. The zero-order chi connectivity index (χ0) is 12.7. The molecule has 1 rings (SSSR count). The lowest BCUT2D eigenvalue weighted by Gasteiger charge is -2.12. The van der Waals surface area contributed by atoms with Crippen molar-refractivity contribution in [1.29, 1.82) is 0 Å². The van der Waals surface area contributed by atoms with Gasteiger partial charge in [-0.25, -0.2) is 0 Å². The molecule has 3 heteroatoms. The predicted molar refractivity (Wildman–Crippen MR) is 73.1 cm³/mol. The van der Waals surface area contributed by atoms with Crippen LogP contribution in [0, 0.1) is 11.8 Å². The van der Waals surface area contributed by atoms with Crippen molar-refractivity contribution < 1.29 is 0 Å². The second-order valence-corrected chi connectivity index (χ2v) is 5.40. The average Bonchev–Trinajstić information content (AvgIpc) is 2.72. The van der Waals surface area contributed by atoms with Gasteiger partial charge in [-0.15, -0.1) is 0 Å². The summed E-state index contributed by atoms with van der Waals surface area (Å²) in [6, 6.07) is 0. The highest BCUT2D eigenvalue weighted by atomic mass is 15.3. The Morgan fingerprint density at radius 2 is 2.12 bits per heavy atom. The largest absolute Gasteiger partial charge is 0.316 e. The number of nitrogens with one attached hydrogen (secondary N) is 1. The Kier molecular flexibility index (Phi) is 6.27. The molecule has 3 nitrogen and oxygen atoms in total. The van der Waals surface area contributed by atoms with E-state index in [1.165, 1.54) is 12.0 Å². The SMILES string of the molecule is CCn1cc(CC(C)CCNCC(C)C)cn1. The molecule has 98 valence electrons. The molecule has 0 fully saturated rings. The summed E-state index contributed by atoms with van der Waals surface area (Å²) in [6.07, 6.45) is 6.55. The summed E-state index contributed by atoms with van der Waals surface area (Å²) >= 11 is 0. The maximum absolute atomic E-state index is 4.31. The lowest BCUT2D eigenvalue weighted by Crippen LogP contribution is -2.22. The van der Waals surface area contributed by atoms with E-state index < -0.39 is 0 Å². The summed E-state index contributed by atoms with van der Waals surface area (Å²) in [6.45, 7) is 12.1. The average molecular weight is 237 g/mol. The van der Waals surface area contributed by atoms with Crippen LogP contribution < -0.4 is 5.32 Å². The third-order valence-electron chi connectivity index (χ3n) is 2.96. The minimum absolute atomic E-state index is 0.726. The molecule has 1 aromatic heterocycles. The zero-order valence-corrected chi connectivity index (χ0v) is 11.7. The van der Waals surface area contributed by atoms with Crippen LogP contribution in [-0.2, 0) is 13.0 Å². The summed E-state index contributed by atoms with van der Waals surface area (Å²) in [5.41, 5.74) is 1.36. The van der Waals surface area contributed by atoms with E-state index in [4.69, 9.17) is 0 Å². The van der Waals surface area contributed by atoms with E-state index in [0.717, 1.165) is 37.9 Å². The lowest BCUT2D eigenvalue weighted by molar-refractivity contribution is 0.474.